The van der Waals surface area contributed by atoms with Gasteiger partial charge in [0.15, 0.2) is 0 Å². The molecule has 0 aromatic rings. The first-order valence-electron chi connectivity index (χ1n) is 12.2. The fraction of sp³-hybridized carbons (Fsp3) is 0.464. The first-order valence-corrected chi connectivity index (χ1v) is 12.2. The SMILES string of the molecule is C/C=C/C(=O)OC(C)CO.C/C=C/C(=O)OCC(C)O.C=CC(=O)OCC(CO)(COC(=O)C=C)COC(=O)C=C. The summed E-state index contributed by atoms with van der Waals surface area (Å²) in [4.78, 5) is 54.4. The Hall–Kier alpha value is -4.07. The van der Waals surface area contributed by atoms with Gasteiger partial charge in [-0.05, 0) is 27.7 Å². The van der Waals surface area contributed by atoms with Crippen LogP contribution in [0, 0.1) is 5.41 Å². The van der Waals surface area contributed by atoms with Gasteiger partial charge in [-0.3, -0.25) is 0 Å². The number of carbonyl (C=O) groups is 5. The van der Waals surface area contributed by atoms with Crippen molar-refractivity contribution in [1.82, 2.24) is 0 Å². The number of aliphatic hydroxyl groups is 3. The van der Waals surface area contributed by atoms with Crippen LogP contribution >= 0.6 is 0 Å². The smallest absolute Gasteiger partial charge is 0.330 e. The zero-order chi connectivity index (χ0) is 32.3. The van der Waals surface area contributed by atoms with E-state index in [1.54, 1.807) is 39.8 Å². The molecule has 0 aromatic heterocycles. The van der Waals surface area contributed by atoms with E-state index in [0.29, 0.717) is 0 Å². The van der Waals surface area contributed by atoms with Gasteiger partial charge in [0.25, 0.3) is 0 Å². The van der Waals surface area contributed by atoms with Crippen molar-refractivity contribution in [2.24, 2.45) is 5.41 Å². The molecule has 0 amide bonds. The number of rotatable bonds is 16. The minimum Gasteiger partial charge on any atom is -0.462 e. The van der Waals surface area contributed by atoms with Crippen LogP contribution in [-0.2, 0) is 47.7 Å². The lowest BCUT2D eigenvalue weighted by Crippen LogP contribution is -2.42. The molecule has 0 spiro atoms. The minimum atomic E-state index is -1.28. The average molecular weight is 587 g/mol. The minimum absolute atomic E-state index is 0.0587. The molecule has 0 rings (SSSR count). The summed E-state index contributed by atoms with van der Waals surface area (Å²) in [5.41, 5.74) is -1.28. The second kappa shape index (κ2) is 26.2. The number of ether oxygens (including phenoxy) is 5. The van der Waals surface area contributed by atoms with Crippen molar-refractivity contribution in [1.29, 1.82) is 0 Å². The van der Waals surface area contributed by atoms with Crippen molar-refractivity contribution in [3.63, 3.8) is 0 Å². The highest BCUT2D eigenvalue weighted by atomic mass is 16.6. The molecule has 0 saturated carbocycles. The van der Waals surface area contributed by atoms with E-state index in [1.807, 2.05) is 0 Å². The second-order valence-electron chi connectivity index (χ2n) is 8.00. The lowest BCUT2D eigenvalue weighted by atomic mass is 9.92. The Bertz CT molecular complexity index is 828. The summed E-state index contributed by atoms with van der Waals surface area (Å²) in [7, 11) is 0. The molecule has 232 valence electrons. The van der Waals surface area contributed by atoms with E-state index in [2.05, 4.69) is 29.2 Å². The van der Waals surface area contributed by atoms with E-state index < -0.39 is 54.1 Å². The van der Waals surface area contributed by atoms with Gasteiger partial charge in [-0.15, -0.1) is 0 Å². The first kappa shape index (κ1) is 41.4. The second-order valence-corrected chi connectivity index (χ2v) is 8.00. The quantitative estimate of drug-likeness (QED) is 0.133. The van der Waals surface area contributed by atoms with E-state index >= 15 is 0 Å². The summed E-state index contributed by atoms with van der Waals surface area (Å²) >= 11 is 0. The number of carbonyl (C=O) groups excluding carboxylic acids is 5. The summed E-state index contributed by atoms with van der Waals surface area (Å²) in [6.45, 7) is 14.7. The molecule has 0 aromatic carbocycles. The van der Waals surface area contributed by atoms with Crippen LogP contribution in [0.4, 0.5) is 0 Å². The Kier molecular flexibility index (Phi) is 26.4. The zero-order valence-electron chi connectivity index (χ0n) is 24.0. The highest BCUT2D eigenvalue weighted by molar-refractivity contribution is 5.83. The number of allylic oxidation sites excluding steroid dienone is 2. The Morgan fingerprint density at radius 1 is 0.707 bits per heavy atom. The van der Waals surface area contributed by atoms with E-state index in [4.69, 9.17) is 24.4 Å². The molecule has 13 heteroatoms. The molecular formula is C28H42O13. The highest BCUT2D eigenvalue weighted by Crippen LogP contribution is 2.19. The van der Waals surface area contributed by atoms with Gasteiger partial charge in [0, 0.05) is 30.4 Å². The molecule has 0 heterocycles. The van der Waals surface area contributed by atoms with Gasteiger partial charge >= 0.3 is 29.8 Å². The van der Waals surface area contributed by atoms with Crippen molar-refractivity contribution in [2.45, 2.75) is 39.9 Å². The van der Waals surface area contributed by atoms with Crippen molar-refractivity contribution in [3.8, 4) is 0 Å². The van der Waals surface area contributed by atoms with E-state index in [9.17, 15) is 29.1 Å². The Labute approximate surface area is 240 Å². The molecule has 0 aliphatic carbocycles. The maximum Gasteiger partial charge on any atom is 0.330 e. The van der Waals surface area contributed by atoms with Crippen molar-refractivity contribution < 1.29 is 63.0 Å². The van der Waals surface area contributed by atoms with Crippen molar-refractivity contribution in [2.75, 3.05) is 39.6 Å². The van der Waals surface area contributed by atoms with Crippen LogP contribution in [0.5, 0.6) is 0 Å². The fourth-order valence-corrected chi connectivity index (χ4v) is 1.91. The van der Waals surface area contributed by atoms with Crippen LogP contribution in [-0.4, -0.2) is 97.0 Å². The monoisotopic (exact) mass is 586 g/mol. The van der Waals surface area contributed by atoms with E-state index in [1.165, 1.54) is 12.2 Å². The lowest BCUT2D eigenvalue weighted by Gasteiger charge is -2.29. The molecule has 0 bridgehead atoms. The van der Waals surface area contributed by atoms with Crippen molar-refractivity contribution >= 4 is 29.8 Å². The zero-order valence-corrected chi connectivity index (χ0v) is 24.0. The number of aliphatic hydroxyl groups excluding tert-OH is 3. The molecule has 41 heavy (non-hydrogen) atoms. The van der Waals surface area contributed by atoms with Crippen LogP contribution in [0.1, 0.15) is 27.7 Å². The van der Waals surface area contributed by atoms with Gasteiger partial charge < -0.3 is 39.0 Å². The highest BCUT2D eigenvalue weighted by Gasteiger charge is 2.35. The Balaban J connectivity index is -0.000000601. The standard InChI is InChI=1S/C14H18O7.2C7H12O3/c1-4-11(16)19-8-14(7-15,9-20-12(17)5-2)10-21-13(18)6-3;1-3-4-7(9)10-5-6(2)8;1-3-4-7(9)10-6(2)5-8/h4-6,15H,1-3,7-10H2;2*3-4,6,8H,5H2,1-2H3/b;2*4-3+. The fourth-order valence-electron chi connectivity index (χ4n) is 1.91. The van der Waals surface area contributed by atoms with Crippen LogP contribution in [0.3, 0.4) is 0 Å². The predicted molar refractivity (Wildman–Crippen MR) is 148 cm³/mol. The normalized spacial score (nSPS) is 11.8. The maximum absolute atomic E-state index is 11.1. The molecule has 3 N–H and O–H groups in total. The molecule has 0 radical (unpaired) electrons. The van der Waals surface area contributed by atoms with Gasteiger partial charge in [0.05, 0.1) is 24.7 Å². The maximum atomic E-state index is 11.1. The van der Waals surface area contributed by atoms with E-state index in [0.717, 1.165) is 18.2 Å². The van der Waals surface area contributed by atoms with Gasteiger partial charge in [-0.25, -0.2) is 24.0 Å². The molecule has 0 aliphatic heterocycles. The molecular weight excluding hydrogens is 544 g/mol. The topological polar surface area (TPSA) is 192 Å². The third-order valence-electron chi connectivity index (χ3n) is 4.04. The van der Waals surface area contributed by atoms with E-state index in [-0.39, 0.29) is 33.0 Å². The largest absolute Gasteiger partial charge is 0.462 e. The van der Waals surface area contributed by atoms with Gasteiger partial charge in [-0.2, -0.15) is 0 Å². The Morgan fingerprint density at radius 2 is 1.10 bits per heavy atom. The van der Waals surface area contributed by atoms with Crippen LogP contribution in [0.15, 0.2) is 62.3 Å². The molecule has 0 saturated heterocycles. The predicted octanol–water partition coefficient (Wildman–Crippen LogP) is 1.13. The van der Waals surface area contributed by atoms with Crippen molar-refractivity contribution in [3.05, 3.63) is 62.3 Å². The van der Waals surface area contributed by atoms with Gasteiger partial charge in [-0.1, -0.05) is 31.9 Å². The molecule has 2 atom stereocenters. The lowest BCUT2D eigenvalue weighted by molar-refractivity contribution is -0.159. The summed E-state index contributed by atoms with van der Waals surface area (Å²) < 4.78 is 23.7. The average Bonchev–Trinajstić information content (AvgIpc) is 2.96. The number of esters is 5. The summed E-state index contributed by atoms with van der Waals surface area (Å²) in [6.07, 6.45) is 7.61. The number of hydrogen-bond donors (Lipinski definition) is 3. The number of hydrogen-bond acceptors (Lipinski definition) is 13. The van der Waals surface area contributed by atoms with Crippen LogP contribution in [0.25, 0.3) is 0 Å². The van der Waals surface area contributed by atoms with Gasteiger partial charge in [0.1, 0.15) is 32.5 Å². The molecule has 13 nitrogen and oxygen atoms in total. The first-order chi connectivity index (χ1) is 19.3. The Morgan fingerprint density at radius 3 is 1.39 bits per heavy atom. The summed E-state index contributed by atoms with van der Waals surface area (Å²) in [5.74, 6) is -3.00. The summed E-state index contributed by atoms with van der Waals surface area (Å²) in [6, 6.07) is 0. The van der Waals surface area contributed by atoms with Gasteiger partial charge in [0.2, 0.25) is 0 Å². The molecule has 0 fully saturated rings. The molecule has 0 aliphatic rings. The van der Waals surface area contributed by atoms with Crippen LogP contribution < -0.4 is 0 Å². The third kappa shape index (κ3) is 25.9. The summed E-state index contributed by atoms with van der Waals surface area (Å²) in [5, 5.41) is 26.6. The third-order valence-corrected chi connectivity index (χ3v) is 4.04. The van der Waals surface area contributed by atoms with Crippen LogP contribution in [0.2, 0.25) is 0 Å². The molecule has 2 unspecified atom stereocenters.